The van der Waals surface area contributed by atoms with E-state index in [1.165, 1.54) is 0 Å². The van der Waals surface area contributed by atoms with Gasteiger partial charge in [-0.15, -0.1) is 0 Å². The van der Waals surface area contributed by atoms with E-state index in [-0.39, 0.29) is 11.8 Å². The Hall–Kier alpha value is -3.60. The molecule has 1 aliphatic heterocycles. The van der Waals surface area contributed by atoms with Gasteiger partial charge < -0.3 is 15.0 Å². The van der Waals surface area contributed by atoms with Gasteiger partial charge in [0.2, 0.25) is 5.91 Å². The van der Waals surface area contributed by atoms with Crippen LogP contribution in [0.5, 0.6) is 11.5 Å². The van der Waals surface area contributed by atoms with Crippen LogP contribution in [-0.2, 0) is 11.3 Å². The maximum Gasteiger partial charge on any atom is 0.255 e. The number of fused-ring (bicyclic) bond motifs is 1. The van der Waals surface area contributed by atoms with Crippen LogP contribution in [0.25, 0.3) is 0 Å². The molecule has 0 bridgehead atoms. The predicted molar refractivity (Wildman–Crippen MR) is 107 cm³/mol. The molecule has 0 aromatic heterocycles. The third kappa shape index (κ3) is 3.60. The van der Waals surface area contributed by atoms with Crippen molar-refractivity contribution in [2.45, 2.75) is 19.5 Å². The van der Waals surface area contributed by atoms with E-state index in [0.717, 1.165) is 11.3 Å². The van der Waals surface area contributed by atoms with Crippen LogP contribution in [0.1, 0.15) is 22.8 Å². The lowest BCUT2D eigenvalue weighted by Crippen LogP contribution is -2.42. The molecule has 0 saturated carbocycles. The van der Waals surface area contributed by atoms with Crippen LogP contribution in [0.3, 0.4) is 0 Å². The standard InChI is InChI=1S/C23H20N2O3/c1-16(25-15-17-7-5-6-10-21(17)23(25)27)22(26)24-18-11-13-20(14-12-18)28-19-8-3-2-4-9-19/h2-14,16H,15H2,1H3,(H,24,26). The number of rotatable bonds is 5. The summed E-state index contributed by atoms with van der Waals surface area (Å²) in [5.41, 5.74) is 2.28. The summed E-state index contributed by atoms with van der Waals surface area (Å²) in [7, 11) is 0. The Kier molecular flexibility index (Phi) is 4.81. The summed E-state index contributed by atoms with van der Waals surface area (Å²) in [6.07, 6.45) is 0. The molecule has 0 radical (unpaired) electrons. The maximum absolute atomic E-state index is 12.6. The molecule has 1 atom stereocenters. The normalized spacial score (nSPS) is 13.8. The molecule has 5 heteroatoms. The average molecular weight is 372 g/mol. The van der Waals surface area contributed by atoms with Crippen molar-refractivity contribution in [3.63, 3.8) is 0 Å². The van der Waals surface area contributed by atoms with Crippen LogP contribution >= 0.6 is 0 Å². The average Bonchev–Trinajstić information content (AvgIpc) is 3.06. The molecule has 3 aromatic rings. The molecule has 1 N–H and O–H groups in total. The van der Waals surface area contributed by atoms with Crippen molar-refractivity contribution in [3.8, 4) is 11.5 Å². The molecule has 1 heterocycles. The molecule has 0 spiro atoms. The number of carbonyl (C=O) groups excluding carboxylic acids is 2. The summed E-state index contributed by atoms with van der Waals surface area (Å²) in [6, 6.07) is 23.5. The number of hydrogen-bond donors (Lipinski definition) is 1. The largest absolute Gasteiger partial charge is 0.457 e. The third-order valence-corrected chi connectivity index (χ3v) is 4.80. The number of anilines is 1. The highest BCUT2D eigenvalue weighted by atomic mass is 16.5. The van der Waals surface area contributed by atoms with Crippen molar-refractivity contribution in [1.29, 1.82) is 0 Å². The second-order valence-corrected chi connectivity index (χ2v) is 6.69. The zero-order chi connectivity index (χ0) is 19.5. The summed E-state index contributed by atoms with van der Waals surface area (Å²) in [4.78, 5) is 26.8. The highest BCUT2D eigenvalue weighted by Crippen LogP contribution is 2.26. The van der Waals surface area contributed by atoms with E-state index < -0.39 is 6.04 Å². The summed E-state index contributed by atoms with van der Waals surface area (Å²) >= 11 is 0. The lowest BCUT2D eigenvalue weighted by atomic mass is 10.1. The number of nitrogens with zero attached hydrogens (tertiary/aromatic N) is 1. The first-order chi connectivity index (χ1) is 13.6. The monoisotopic (exact) mass is 372 g/mol. The summed E-state index contributed by atoms with van der Waals surface area (Å²) < 4.78 is 5.75. The van der Waals surface area contributed by atoms with Gasteiger partial charge in [-0.05, 0) is 55.0 Å². The van der Waals surface area contributed by atoms with Gasteiger partial charge >= 0.3 is 0 Å². The van der Waals surface area contributed by atoms with Crippen LogP contribution in [-0.4, -0.2) is 22.8 Å². The van der Waals surface area contributed by atoms with E-state index in [1.54, 1.807) is 42.2 Å². The van der Waals surface area contributed by atoms with Gasteiger partial charge in [0.05, 0.1) is 0 Å². The molecule has 0 aliphatic carbocycles. The molecule has 140 valence electrons. The second-order valence-electron chi connectivity index (χ2n) is 6.69. The number of nitrogens with one attached hydrogen (secondary N) is 1. The highest BCUT2D eigenvalue weighted by molar-refractivity contribution is 6.03. The quantitative estimate of drug-likeness (QED) is 0.719. The summed E-state index contributed by atoms with van der Waals surface area (Å²) in [5.74, 6) is 1.10. The van der Waals surface area contributed by atoms with Gasteiger partial charge in [0.15, 0.2) is 0 Å². The van der Waals surface area contributed by atoms with E-state index in [0.29, 0.717) is 23.5 Å². The minimum absolute atomic E-state index is 0.107. The van der Waals surface area contributed by atoms with Gasteiger partial charge in [-0.3, -0.25) is 9.59 Å². The predicted octanol–water partition coefficient (Wildman–Crippen LogP) is 4.46. The van der Waals surface area contributed by atoms with Gasteiger partial charge in [-0.25, -0.2) is 0 Å². The molecule has 3 aromatic carbocycles. The molecular weight excluding hydrogens is 352 g/mol. The van der Waals surface area contributed by atoms with Crippen molar-refractivity contribution in [1.82, 2.24) is 4.90 Å². The fourth-order valence-electron chi connectivity index (χ4n) is 3.21. The van der Waals surface area contributed by atoms with Crippen LogP contribution in [0.4, 0.5) is 5.69 Å². The fraction of sp³-hybridized carbons (Fsp3) is 0.130. The van der Waals surface area contributed by atoms with E-state index in [2.05, 4.69) is 5.32 Å². The number of hydrogen-bond acceptors (Lipinski definition) is 3. The first-order valence-corrected chi connectivity index (χ1v) is 9.14. The van der Waals surface area contributed by atoms with Crippen LogP contribution < -0.4 is 10.1 Å². The summed E-state index contributed by atoms with van der Waals surface area (Å²) in [5, 5.41) is 2.87. The first-order valence-electron chi connectivity index (χ1n) is 9.14. The highest BCUT2D eigenvalue weighted by Gasteiger charge is 2.33. The number of ether oxygens (including phenoxy) is 1. The van der Waals surface area contributed by atoms with Crippen LogP contribution in [0.15, 0.2) is 78.9 Å². The topological polar surface area (TPSA) is 58.6 Å². The van der Waals surface area contributed by atoms with Crippen molar-refractivity contribution < 1.29 is 14.3 Å². The molecule has 0 fully saturated rings. The molecular formula is C23H20N2O3. The Labute approximate surface area is 163 Å². The zero-order valence-corrected chi connectivity index (χ0v) is 15.5. The van der Waals surface area contributed by atoms with Crippen LogP contribution in [0, 0.1) is 0 Å². The van der Waals surface area contributed by atoms with E-state index >= 15 is 0 Å². The Morgan fingerprint density at radius 1 is 0.929 bits per heavy atom. The van der Waals surface area contributed by atoms with Gasteiger partial charge in [-0.2, -0.15) is 0 Å². The lowest BCUT2D eigenvalue weighted by Gasteiger charge is -2.23. The molecule has 28 heavy (non-hydrogen) atoms. The Balaban J connectivity index is 1.39. The molecule has 5 nitrogen and oxygen atoms in total. The molecule has 0 saturated heterocycles. The Morgan fingerprint density at radius 2 is 1.57 bits per heavy atom. The number of carbonyl (C=O) groups is 2. The van der Waals surface area contributed by atoms with Gasteiger partial charge in [0.25, 0.3) is 5.91 Å². The lowest BCUT2D eigenvalue weighted by molar-refractivity contribution is -0.120. The molecule has 1 aliphatic rings. The number of amides is 2. The molecule has 4 rings (SSSR count). The van der Waals surface area contributed by atoms with Gasteiger partial charge in [-0.1, -0.05) is 36.4 Å². The van der Waals surface area contributed by atoms with Gasteiger partial charge in [0.1, 0.15) is 17.5 Å². The summed E-state index contributed by atoms with van der Waals surface area (Å²) in [6.45, 7) is 2.19. The van der Waals surface area contributed by atoms with Crippen molar-refractivity contribution in [2.24, 2.45) is 0 Å². The van der Waals surface area contributed by atoms with Gasteiger partial charge in [0, 0.05) is 17.8 Å². The van der Waals surface area contributed by atoms with E-state index in [4.69, 9.17) is 4.74 Å². The Morgan fingerprint density at radius 3 is 2.29 bits per heavy atom. The smallest absolute Gasteiger partial charge is 0.255 e. The van der Waals surface area contributed by atoms with Crippen molar-refractivity contribution in [2.75, 3.05) is 5.32 Å². The second kappa shape index (κ2) is 7.56. The minimum atomic E-state index is -0.569. The molecule has 1 unspecified atom stereocenters. The van der Waals surface area contributed by atoms with Crippen molar-refractivity contribution in [3.05, 3.63) is 90.0 Å². The Bertz CT molecular complexity index is 1000. The maximum atomic E-state index is 12.6. The zero-order valence-electron chi connectivity index (χ0n) is 15.5. The van der Waals surface area contributed by atoms with E-state index in [9.17, 15) is 9.59 Å². The number of para-hydroxylation sites is 1. The fourth-order valence-corrected chi connectivity index (χ4v) is 3.21. The SMILES string of the molecule is CC(C(=O)Nc1ccc(Oc2ccccc2)cc1)N1Cc2ccccc2C1=O. The minimum Gasteiger partial charge on any atom is -0.457 e. The van der Waals surface area contributed by atoms with E-state index in [1.807, 2.05) is 48.5 Å². The number of benzene rings is 3. The van der Waals surface area contributed by atoms with Crippen molar-refractivity contribution >= 4 is 17.5 Å². The third-order valence-electron chi connectivity index (χ3n) is 4.80. The van der Waals surface area contributed by atoms with Crippen LogP contribution in [0.2, 0.25) is 0 Å². The molecule has 2 amide bonds. The first kappa shape index (κ1) is 17.8.